The number of carbonyl (C=O) groups is 3. The van der Waals surface area contributed by atoms with Crippen molar-refractivity contribution in [3.63, 3.8) is 0 Å². The van der Waals surface area contributed by atoms with E-state index in [0.29, 0.717) is 23.8 Å². The zero-order chi connectivity index (χ0) is 25.1. The number of amides is 1. The third kappa shape index (κ3) is 4.21. The largest absolute Gasteiger partial charge is 0.457 e. The molecule has 1 N–H and O–H groups in total. The van der Waals surface area contributed by atoms with Crippen molar-refractivity contribution in [3.05, 3.63) is 52.3 Å². The fourth-order valence-corrected chi connectivity index (χ4v) is 7.91. The number of hydrogen-bond donors (Lipinski definition) is 1. The van der Waals surface area contributed by atoms with Crippen LogP contribution in [0.25, 0.3) is 5.69 Å². The molecule has 1 aromatic carbocycles. The summed E-state index contributed by atoms with van der Waals surface area (Å²) in [7, 11) is 0. The van der Waals surface area contributed by atoms with Crippen molar-refractivity contribution in [1.82, 2.24) is 9.88 Å². The Kier molecular flexibility index (Phi) is 5.69. The van der Waals surface area contributed by atoms with Gasteiger partial charge in [-0.15, -0.1) is 0 Å². The maximum atomic E-state index is 13.4. The molecule has 4 saturated carbocycles. The highest BCUT2D eigenvalue weighted by atomic mass is 16.5. The molecule has 6 nitrogen and oxygen atoms in total. The second kappa shape index (κ2) is 8.35. The zero-order valence-corrected chi connectivity index (χ0v) is 21.5. The van der Waals surface area contributed by atoms with Crippen molar-refractivity contribution in [2.45, 2.75) is 78.7 Å². The summed E-state index contributed by atoms with van der Waals surface area (Å²) in [6, 6.07) is 8.24. The number of esters is 1. The molecule has 0 aliphatic heterocycles. The van der Waals surface area contributed by atoms with Crippen LogP contribution in [0.4, 0.5) is 0 Å². The van der Waals surface area contributed by atoms with Crippen LogP contribution in [0, 0.1) is 44.9 Å². The van der Waals surface area contributed by atoms with E-state index in [0.717, 1.165) is 49.2 Å². The van der Waals surface area contributed by atoms with E-state index in [-0.39, 0.29) is 29.8 Å². The fourth-order valence-electron chi connectivity index (χ4n) is 7.91. The molecule has 6 rings (SSSR count). The molecule has 1 amide bonds. The van der Waals surface area contributed by atoms with E-state index in [9.17, 15) is 14.4 Å². The van der Waals surface area contributed by atoms with E-state index in [1.54, 1.807) is 6.92 Å². The predicted octanol–water partition coefficient (Wildman–Crippen LogP) is 4.91. The minimum absolute atomic E-state index is 0.0372. The van der Waals surface area contributed by atoms with Crippen LogP contribution < -0.4 is 5.32 Å². The van der Waals surface area contributed by atoms with Gasteiger partial charge < -0.3 is 14.6 Å². The average molecular weight is 477 g/mol. The molecule has 0 spiro atoms. The molecule has 4 aliphatic carbocycles. The summed E-state index contributed by atoms with van der Waals surface area (Å²) in [5.74, 6) is 0.386. The topological polar surface area (TPSA) is 77.4 Å². The van der Waals surface area contributed by atoms with Gasteiger partial charge in [-0.25, -0.2) is 0 Å². The number of aryl methyl sites for hydroxylation is 3. The number of carbonyl (C=O) groups excluding carboxylic acids is 3. The lowest BCUT2D eigenvalue weighted by Gasteiger charge is -2.60. The lowest BCUT2D eigenvalue weighted by Crippen LogP contribution is -2.64. The van der Waals surface area contributed by atoms with Crippen molar-refractivity contribution < 1.29 is 19.1 Å². The molecule has 0 radical (unpaired) electrons. The van der Waals surface area contributed by atoms with Crippen LogP contribution >= 0.6 is 0 Å². The molecule has 1 aromatic heterocycles. The highest BCUT2D eigenvalue weighted by Crippen LogP contribution is 2.62. The molecule has 35 heavy (non-hydrogen) atoms. The molecule has 4 aliphatic rings. The van der Waals surface area contributed by atoms with Gasteiger partial charge in [0.1, 0.15) is 0 Å². The molecule has 4 fully saturated rings. The van der Waals surface area contributed by atoms with E-state index in [2.05, 4.69) is 41.9 Å². The number of nitrogens with one attached hydrogen (secondary N) is 1. The van der Waals surface area contributed by atoms with Crippen LogP contribution in [0.1, 0.15) is 78.3 Å². The molecular formula is C29H36N2O4. The number of aromatic nitrogens is 1. The average Bonchev–Trinajstić information content (AvgIpc) is 3.03. The maximum absolute atomic E-state index is 13.4. The van der Waals surface area contributed by atoms with Crippen LogP contribution in [0.15, 0.2) is 24.3 Å². The monoisotopic (exact) mass is 476 g/mol. The Morgan fingerprint density at radius 3 is 2.20 bits per heavy atom. The highest BCUT2D eigenvalue weighted by Gasteiger charge is 2.61. The summed E-state index contributed by atoms with van der Waals surface area (Å²) in [4.78, 5) is 38.5. The summed E-state index contributed by atoms with van der Waals surface area (Å²) in [6.45, 7) is 9.37. The number of rotatable bonds is 6. The molecule has 1 heterocycles. The van der Waals surface area contributed by atoms with E-state index >= 15 is 0 Å². The highest BCUT2D eigenvalue weighted by molar-refractivity contribution is 5.99. The van der Waals surface area contributed by atoms with Crippen LogP contribution in [0.3, 0.4) is 0 Å². The van der Waals surface area contributed by atoms with Crippen molar-refractivity contribution in [2.24, 2.45) is 17.3 Å². The van der Waals surface area contributed by atoms with E-state index in [4.69, 9.17) is 4.74 Å². The smallest absolute Gasteiger partial charge is 0.312 e. The van der Waals surface area contributed by atoms with Gasteiger partial charge in [0.05, 0.1) is 5.41 Å². The standard InChI is InChI=1S/C29H36N2O4/c1-17-6-18(2)8-24(7-17)31-19(3)9-25(20(31)4)26(33)15-35-27(34)28-11-22-10-23(12-28)14-29(13-22,16-28)30-21(5)32/h6-9,22-23H,10-16H2,1-5H3,(H,30,32). The third-order valence-corrected chi connectivity index (χ3v) is 8.47. The Morgan fingerprint density at radius 2 is 1.60 bits per heavy atom. The molecule has 2 unspecified atom stereocenters. The summed E-state index contributed by atoms with van der Waals surface area (Å²) in [6.07, 6.45) is 5.25. The van der Waals surface area contributed by atoms with Crippen LogP contribution in [0.2, 0.25) is 0 Å². The summed E-state index contributed by atoms with van der Waals surface area (Å²) in [5.41, 5.74) is 4.91. The van der Waals surface area contributed by atoms with Crippen LogP contribution in [-0.4, -0.2) is 34.4 Å². The molecule has 2 aromatic rings. The maximum Gasteiger partial charge on any atom is 0.312 e. The van der Waals surface area contributed by atoms with Crippen molar-refractivity contribution in [1.29, 1.82) is 0 Å². The summed E-state index contributed by atoms with van der Waals surface area (Å²) < 4.78 is 7.82. The van der Waals surface area contributed by atoms with Gasteiger partial charge >= 0.3 is 5.97 Å². The third-order valence-electron chi connectivity index (χ3n) is 8.47. The minimum Gasteiger partial charge on any atom is -0.457 e. The van der Waals surface area contributed by atoms with E-state index in [1.165, 1.54) is 11.1 Å². The first kappa shape index (κ1) is 23.8. The molecule has 0 saturated heterocycles. The normalized spacial score (nSPS) is 28.7. The Hall–Kier alpha value is -2.89. The van der Waals surface area contributed by atoms with Crippen LogP contribution in [-0.2, 0) is 14.3 Å². The number of ether oxygens (including phenoxy) is 1. The number of benzene rings is 1. The van der Waals surface area contributed by atoms with Crippen molar-refractivity contribution >= 4 is 17.7 Å². The molecule has 2 atom stereocenters. The first-order valence-electron chi connectivity index (χ1n) is 12.8. The van der Waals surface area contributed by atoms with Crippen LogP contribution in [0.5, 0.6) is 0 Å². The number of Topliss-reactive ketones (excluding diaryl/α,β-unsaturated/α-hetero) is 1. The Labute approximate surface area is 207 Å². The van der Waals surface area contributed by atoms with Gasteiger partial charge in [-0.3, -0.25) is 14.4 Å². The fraction of sp³-hybridized carbons (Fsp3) is 0.552. The van der Waals surface area contributed by atoms with Gasteiger partial charge in [-0.1, -0.05) is 6.07 Å². The lowest BCUT2D eigenvalue weighted by molar-refractivity contribution is -0.174. The van der Waals surface area contributed by atoms with Gasteiger partial charge in [-0.05, 0) is 107 Å². The second-order valence-electron chi connectivity index (χ2n) is 11.7. The summed E-state index contributed by atoms with van der Waals surface area (Å²) >= 11 is 0. The quantitative estimate of drug-likeness (QED) is 0.475. The van der Waals surface area contributed by atoms with Gasteiger partial charge in [-0.2, -0.15) is 0 Å². The van der Waals surface area contributed by atoms with Crippen molar-refractivity contribution in [3.8, 4) is 5.69 Å². The second-order valence-corrected chi connectivity index (χ2v) is 11.7. The predicted molar refractivity (Wildman–Crippen MR) is 134 cm³/mol. The molecular weight excluding hydrogens is 440 g/mol. The SMILES string of the molecule is CC(=O)NC12CC3CC(C1)CC(C(=O)OCC(=O)c1cc(C)n(-c4cc(C)cc(C)c4)c1C)(C3)C2. The number of hydrogen-bond acceptors (Lipinski definition) is 4. The van der Waals surface area contributed by atoms with Crippen molar-refractivity contribution in [2.75, 3.05) is 6.61 Å². The first-order chi connectivity index (χ1) is 16.5. The van der Waals surface area contributed by atoms with Gasteiger partial charge in [0, 0.05) is 35.1 Å². The van der Waals surface area contributed by atoms with Gasteiger partial charge in [0.15, 0.2) is 6.61 Å². The summed E-state index contributed by atoms with van der Waals surface area (Å²) in [5, 5.41) is 3.18. The number of nitrogens with zero attached hydrogens (tertiary/aromatic N) is 1. The first-order valence-corrected chi connectivity index (χ1v) is 12.8. The van der Waals surface area contributed by atoms with Gasteiger partial charge in [0.25, 0.3) is 0 Å². The Bertz CT molecular complexity index is 1190. The molecule has 4 bridgehead atoms. The molecule has 186 valence electrons. The minimum atomic E-state index is -0.581. The Morgan fingerprint density at radius 1 is 0.971 bits per heavy atom. The van der Waals surface area contributed by atoms with E-state index in [1.807, 2.05) is 19.9 Å². The molecule has 6 heteroatoms. The zero-order valence-electron chi connectivity index (χ0n) is 21.5. The number of ketones is 1. The van der Waals surface area contributed by atoms with E-state index < -0.39 is 5.41 Å². The Balaban J connectivity index is 1.32. The lowest BCUT2D eigenvalue weighted by atomic mass is 9.47. The van der Waals surface area contributed by atoms with Gasteiger partial charge in [0.2, 0.25) is 11.7 Å².